The van der Waals surface area contributed by atoms with Crippen LogP contribution in [0.4, 0.5) is 0 Å². The molecule has 28 heavy (non-hydrogen) atoms. The zero-order valence-electron chi connectivity index (χ0n) is 16.6. The lowest BCUT2D eigenvalue weighted by Gasteiger charge is -2.44. The molecule has 0 saturated carbocycles. The molecule has 6 heteroatoms. The summed E-state index contributed by atoms with van der Waals surface area (Å²) in [5.74, 6) is -0.721. The highest BCUT2D eigenvalue weighted by Gasteiger charge is 2.54. The maximum atomic E-state index is 10.9. The van der Waals surface area contributed by atoms with Gasteiger partial charge in [-0.3, -0.25) is 4.84 Å². The van der Waals surface area contributed by atoms with Crippen molar-refractivity contribution in [3.05, 3.63) is 71.8 Å². The molecule has 4 rings (SSSR count). The van der Waals surface area contributed by atoms with E-state index in [1.54, 1.807) is 0 Å². The normalized spacial score (nSPS) is 29.8. The number of hydrogen-bond acceptors (Lipinski definition) is 6. The highest BCUT2D eigenvalue weighted by Crippen LogP contribution is 2.39. The number of rotatable bonds is 5. The predicted molar refractivity (Wildman–Crippen MR) is 104 cm³/mol. The summed E-state index contributed by atoms with van der Waals surface area (Å²) in [6.45, 7) is 6.81. The van der Waals surface area contributed by atoms with Crippen LogP contribution in [0.5, 0.6) is 0 Å². The van der Waals surface area contributed by atoms with Crippen molar-refractivity contribution in [2.75, 3.05) is 0 Å². The third-order valence-corrected chi connectivity index (χ3v) is 5.28. The minimum atomic E-state index is -0.721. The molecule has 0 unspecified atom stereocenters. The Morgan fingerprint density at radius 3 is 2.14 bits per heavy atom. The van der Waals surface area contributed by atoms with Crippen LogP contribution < -0.4 is 0 Å². The van der Waals surface area contributed by atoms with E-state index in [2.05, 4.69) is 19.1 Å². The highest BCUT2D eigenvalue weighted by molar-refractivity contribution is 5.15. The Hall–Kier alpha value is -1.80. The number of ether oxygens (including phenoxy) is 2. The van der Waals surface area contributed by atoms with Gasteiger partial charge in [-0.05, 0) is 31.9 Å². The van der Waals surface area contributed by atoms with E-state index >= 15 is 0 Å². The largest absolute Gasteiger partial charge is 0.343 e. The van der Waals surface area contributed by atoms with E-state index in [0.29, 0.717) is 13.1 Å². The first kappa shape index (κ1) is 19.5. The fourth-order valence-electron chi connectivity index (χ4n) is 3.90. The van der Waals surface area contributed by atoms with E-state index in [0.717, 1.165) is 11.1 Å². The molecule has 0 radical (unpaired) electrons. The van der Waals surface area contributed by atoms with Gasteiger partial charge in [0, 0.05) is 6.54 Å². The van der Waals surface area contributed by atoms with Crippen molar-refractivity contribution in [2.45, 2.75) is 64.1 Å². The fourth-order valence-corrected chi connectivity index (χ4v) is 3.90. The Morgan fingerprint density at radius 2 is 1.50 bits per heavy atom. The fraction of sp³-hybridized carbons (Fsp3) is 0.455. The van der Waals surface area contributed by atoms with E-state index in [1.165, 1.54) is 5.06 Å². The molecule has 0 aromatic heterocycles. The van der Waals surface area contributed by atoms with Gasteiger partial charge in [0.15, 0.2) is 12.0 Å². The standard InChI is InChI=1S/C22H28N2O4/c1-16-19-20(27-22(2,3)26-19)21(23(25)14-17-10-6-4-7-11-17)28-24(16)15-18-12-8-5-9-13-18/h4-13,16,19-21,25H,14-15H2,1-3H3/t16-,19-,20-,21-/m1/s1. The van der Waals surface area contributed by atoms with Crippen LogP contribution in [0.25, 0.3) is 0 Å². The molecule has 0 aliphatic carbocycles. The maximum Gasteiger partial charge on any atom is 0.183 e. The van der Waals surface area contributed by atoms with Crippen LogP contribution >= 0.6 is 0 Å². The number of fused-ring (bicyclic) bond motifs is 1. The smallest absolute Gasteiger partial charge is 0.183 e. The molecule has 1 N–H and O–H groups in total. The van der Waals surface area contributed by atoms with E-state index in [9.17, 15) is 5.21 Å². The number of hydrogen-bond donors (Lipinski definition) is 1. The zero-order valence-corrected chi connectivity index (χ0v) is 16.6. The summed E-state index contributed by atoms with van der Waals surface area (Å²) in [5.41, 5.74) is 2.13. The first-order valence-electron chi connectivity index (χ1n) is 9.75. The van der Waals surface area contributed by atoms with Crippen LogP contribution in [0, 0.1) is 0 Å². The van der Waals surface area contributed by atoms with E-state index in [1.807, 2.05) is 67.4 Å². The van der Waals surface area contributed by atoms with Crippen molar-refractivity contribution in [1.82, 2.24) is 10.1 Å². The van der Waals surface area contributed by atoms with Crippen LogP contribution in [-0.4, -0.2) is 45.6 Å². The number of nitrogens with zero attached hydrogens (tertiary/aromatic N) is 2. The molecular formula is C22H28N2O4. The maximum absolute atomic E-state index is 10.9. The summed E-state index contributed by atoms with van der Waals surface area (Å²) in [6.07, 6.45) is -1.25. The van der Waals surface area contributed by atoms with Crippen LogP contribution in [-0.2, 0) is 27.4 Å². The summed E-state index contributed by atoms with van der Waals surface area (Å²) < 4.78 is 12.3. The average Bonchev–Trinajstić information content (AvgIpc) is 3.01. The lowest BCUT2D eigenvalue weighted by molar-refractivity contribution is -0.371. The molecule has 2 saturated heterocycles. The van der Waals surface area contributed by atoms with Gasteiger partial charge in [0.05, 0.1) is 12.6 Å². The van der Waals surface area contributed by atoms with E-state index in [4.69, 9.17) is 14.3 Å². The number of benzene rings is 2. The van der Waals surface area contributed by atoms with Gasteiger partial charge in [-0.2, -0.15) is 10.1 Å². The third-order valence-electron chi connectivity index (χ3n) is 5.28. The van der Waals surface area contributed by atoms with Crippen LogP contribution in [0.3, 0.4) is 0 Å². The predicted octanol–water partition coefficient (Wildman–Crippen LogP) is 3.56. The summed E-state index contributed by atoms with van der Waals surface area (Å²) >= 11 is 0. The van der Waals surface area contributed by atoms with Gasteiger partial charge in [0.2, 0.25) is 0 Å². The Bertz CT molecular complexity index is 771. The van der Waals surface area contributed by atoms with Gasteiger partial charge in [-0.1, -0.05) is 60.7 Å². The summed E-state index contributed by atoms with van der Waals surface area (Å²) in [6, 6.07) is 19.9. The average molecular weight is 384 g/mol. The van der Waals surface area contributed by atoms with Crippen molar-refractivity contribution >= 4 is 0 Å². The first-order valence-corrected chi connectivity index (χ1v) is 9.75. The molecule has 4 atom stereocenters. The topological polar surface area (TPSA) is 54.4 Å². The molecule has 2 aromatic rings. The van der Waals surface area contributed by atoms with Gasteiger partial charge in [0.25, 0.3) is 0 Å². The lowest BCUT2D eigenvalue weighted by atomic mass is 10.0. The van der Waals surface area contributed by atoms with Gasteiger partial charge in [0.1, 0.15) is 12.2 Å². The molecule has 2 heterocycles. The minimum absolute atomic E-state index is 0.0200. The zero-order chi connectivity index (χ0) is 19.7. The molecular weight excluding hydrogens is 356 g/mol. The van der Waals surface area contributed by atoms with Crippen LogP contribution in [0.15, 0.2) is 60.7 Å². The second-order valence-electron chi connectivity index (χ2n) is 7.95. The third kappa shape index (κ3) is 4.12. The van der Waals surface area contributed by atoms with Gasteiger partial charge >= 0.3 is 0 Å². The molecule has 2 aliphatic heterocycles. The molecule has 2 fully saturated rings. The molecule has 2 aliphatic rings. The summed E-state index contributed by atoms with van der Waals surface area (Å²) in [7, 11) is 0. The van der Waals surface area contributed by atoms with E-state index in [-0.39, 0.29) is 18.2 Å². The second kappa shape index (κ2) is 7.91. The Kier molecular flexibility index (Phi) is 5.51. The molecule has 0 spiro atoms. The highest BCUT2D eigenvalue weighted by atomic mass is 16.8. The Morgan fingerprint density at radius 1 is 0.929 bits per heavy atom. The van der Waals surface area contributed by atoms with Gasteiger partial charge in [-0.25, -0.2) is 0 Å². The molecule has 0 bridgehead atoms. The van der Waals surface area contributed by atoms with Crippen molar-refractivity contribution in [2.24, 2.45) is 0 Å². The summed E-state index contributed by atoms with van der Waals surface area (Å²) in [5, 5.41) is 14.0. The van der Waals surface area contributed by atoms with Crippen LogP contribution in [0.2, 0.25) is 0 Å². The first-order chi connectivity index (χ1) is 13.4. The lowest BCUT2D eigenvalue weighted by Crippen LogP contribution is -2.61. The quantitative estimate of drug-likeness (QED) is 0.796. The van der Waals surface area contributed by atoms with E-state index < -0.39 is 12.0 Å². The van der Waals surface area contributed by atoms with Gasteiger partial charge < -0.3 is 14.7 Å². The SMILES string of the molecule is C[C@@H]1[C@H]2OC(C)(C)O[C@H]2[C@H](N(O)Cc2ccccc2)ON1Cc1ccccc1. The van der Waals surface area contributed by atoms with Gasteiger partial charge in [-0.15, -0.1) is 0 Å². The second-order valence-corrected chi connectivity index (χ2v) is 7.95. The summed E-state index contributed by atoms with van der Waals surface area (Å²) in [4.78, 5) is 6.25. The van der Waals surface area contributed by atoms with Crippen molar-refractivity contribution in [1.29, 1.82) is 0 Å². The van der Waals surface area contributed by atoms with Crippen LogP contribution in [0.1, 0.15) is 31.9 Å². The molecule has 0 amide bonds. The Balaban J connectivity index is 1.56. The minimum Gasteiger partial charge on any atom is -0.343 e. The monoisotopic (exact) mass is 384 g/mol. The molecule has 150 valence electrons. The van der Waals surface area contributed by atoms with Crippen molar-refractivity contribution in [3.63, 3.8) is 0 Å². The van der Waals surface area contributed by atoms with Crippen molar-refractivity contribution in [3.8, 4) is 0 Å². The Labute approximate surface area is 166 Å². The molecule has 6 nitrogen and oxygen atoms in total. The number of hydroxylamine groups is 4. The molecule has 2 aromatic carbocycles. The van der Waals surface area contributed by atoms with Crippen molar-refractivity contribution < 1.29 is 19.5 Å².